The Morgan fingerprint density at radius 1 is 1.42 bits per heavy atom. The zero-order valence-electron chi connectivity index (χ0n) is 10.5. The van der Waals surface area contributed by atoms with E-state index >= 15 is 0 Å². The van der Waals surface area contributed by atoms with Crippen LogP contribution in [0.1, 0.15) is 23.8 Å². The summed E-state index contributed by atoms with van der Waals surface area (Å²) in [6.45, 7) is 2.83. The van der Waals surface area contributed by atoms with Crippen molar-refractivity contribution in [3.63, 3.8) is 0 Å². The number of halogens is 2. The van der Waals surface area contributed by atoms with Gasteiger partial charge in [-0.2, -0.15) is 0 Å². The van der Waals surface area contributed by atoms with Crippen LogP contribution in [0.4, 0.5) is 5.69 Å². The number of rotatable bonds is 4. The lowest BCUT2D eigenvalue weighted by molar-refractivity contribution is 0.101. The predicted molar refractivity (Wildman–Crippen MR) is 81.8 cm³/mol. The highest BCUT2D eigenvalue weighted by Crippen LogP contribution is 2.23. The summed E-state index contributed by atoms with van der Waals surface area (Å²) in [5, 5.41) is 3.45. The summed E-state index contributed by atoms with van der Waals surface area (Å²) in [6.07, 6.45) is 2.72. The summed E-state index contributed by atoms with van der Waals surface area (Å²) in [7, 11) is 0. The quantitative estimate of drug-likeness (QED) is 0.868. The van der Waals surface area contributed by atoms with Gasteiger partial charge in [0.1, 0.15) is 5.69 Å². The van der Waals surface area contributed by atoms with E-state index in [0.29, 0.717) is 10.7 Å². The molecule has 0 atom stereocenters. The fraction of sp³-hybridized carbons (Fsp3) is 0.214. The number of benzene rings is 1. The van der Waals surface area contributed by atoms with Crippen LogP contribution >= 0.6 is 27.5 Å². The average Bonchev–Trinajstić information content (AvgIpc) is 2.74. The second kappa shape index (κ2) is 6.26. The smallest absolute Gasteiger partial charge is 0.272 e. The minimum absolute atomic E-state index is 0.160. The lowest BCUT2D eigenvalue weighted by Crippen LogP contribution is -2.17. The summed E-state index contributed by atoms with van der Waals surface area (Å²) < 4.78 is 2.72. The van der Waals surface area contributed by atoms with E-state index in [1.165, 1.54) is 0 Å². The molecule has 1 aromatic carbocycles. The third-order valence-corrected chi connectivity index (χ3v) is 3.58. The van der Waals surface area contributed by atoms with Crippen molar-refractivity contribution in [1.82, 2.24) is 4.57 Å². The molecular weight excluding hydrogens is 328 g/mol. The van der Waals surface area contributed by atoms with Crippen LogP contribution in [0.5, 0.6) is 0 Å². The first-order valence-electron chi connectivity index (χ1n) is 6.03. The number of anilines is 1. The molecule has 19 heavy (non-hydrogen) atoms. The molecule has 0 radical (unpaired) electrons. The van der Waals surface area contributed by atoms with Crippen LogP contribution < -0.4 is 5.32 Å². The molecule has 5 heteroatoms. The van der Waals surface area contributed by atoms with Gasteiger partial charge in [0.05, 0.1) is 10.7 Å². The molecule has 1 amide bonds. The largest absolute Gasteiger partial charge is 0.342 e. The van der Waals surface area contributed by atoms with Gasteiger partial charge in [-0.25, -0.2) is 0 Å². The Bertz CT molecular complexity index is 595. The van der Waals surface area contributed by atoms with E-state index in [9.17, 15) is 4.79 Å². The number of nitrogens with one attached hydrogen (secondary N) is 1. The average molecular weight is 342 g/mol. The fourth-order valence-electron chi connectivity index (χ4n) is 1.84. The zero-order valence-corrected chi connectivity index (χ0v) is 12.8. The normalized spacial score (nSPS) is 10.5. The van der Waals surface area contributed by atoms with Crippen molar-refractivity contribution in [3.05, 3.63) is 51.7 Å². The van der Waals surface area contributed by atoms with Crippen LogP contribution in [-0.4, -0.2) is 10.5 Å². The molecule has 1 heterocycles. The minimum atomic E-state index is -0.160. The Kier molecular flexibility index (Phi) is 4.66. The van der Waals surface area contributed by atoms with E-state index < -0.39 is 0 Å². The lowest BCUT2D eigenvalue weighted by atomic mass is 10.3. The van der Waals surface area contributed by atoms with Gasteiger partial charge in [0.2, 0.25) is 0 Å². The standard InChI is InChI=1S/C14H14BrClN2O/c1-2-7-18-9-10(16)8-13(18)14(19)17-12-6-4-3-5-11(12)15/h3-6,8-9H,2,7H2,1H3,(H,17,19). The van der Waals surface area contributed by atoms with Gasteiger partial charge >= 0.3 is 0 Å². The van der Waals surface area contributed by atoms with Crippen LogP contribution in [0.3, 0.4) is 0 Å². The van der Waals surface area contributed by atoms with Crippen molar-refractivity contribution in [3.8, 4) is 0 Å². The van der Waals surface area contributed by atoms with Crippen LogP contribution in [-0.2, 0) is 6.54 Å². The van der Waals surface area contributed by atoms with Gasteiger partial charge in [-0.05, 0) is 40.5 Å². The predicted octanol–water partition coefficient (Wildman–Crippen LogP) is 4.57. The van der Waals surface area contributed by atoms with Crippen LogP contribution in [0.2, 0.25) is 5.02 Å². The number of amides is 1. The second-order valence-electron chi connectivity index (χ2n) is 4.17. The number of hydrogen-bond donors (Lipinski definition) is 1. The first-order chi connectivity index (χ1) is 9.11. The zero-order chi connectivity index (χ0) is 13.8. The van der Waals surface area contributed by atoms with E-state index in [-0.39, 0.29) is 5.91 Å². The Balaban J connectivity index is 2.23. The number of para-hydroxylation sites is 1. The summed E-state index contributed by atoms with van der Waals surface area (Å²) in [4.78, 5) is 12.3. The molecule has 0 saturated carbocycles. The van der Waals surface area contributed by atoms with Gasteiger partial charge in [-0.3, -0.25) is 4.79 Å². The molecule has 2 rings (SSSR count). The van der Waals surface area contributed by atoms with E-state index in [1.807, 2.05) is 28.8 Å². The van der Waals surface area contributed by atoms with Crippen LogP contribution in [0.15, 0.2) is 41.0 Å². The lowest BCUT2D eigenvalue weighted by Gasteiger charge is -2.09. The molecule has 0 aliphatic heterocycles. The molecule has 0 saturated heterocycles. The van der Waals surface area contributed by atoms with Crippen molar-refractivity contribution >= 4 is 39.1 Å². The molecule has 0 spiro atoms. The van der Waals surface area contributed by atoms with Crippen LogP contribution in [0.25, 0.3) is 0 Å². The maximum atomic E-state index is 12.3. The van der Waals surface area contributed by atoms with Gasteiger partial charge in [0.15, 0.2) is 0 Å². The Morgan fingerprint density at radius 3 is 2.84 bits per heavy atom. The molecule has 2 aromatic rings. The number of carbonyl (C=O) groups is 1. The van der Waals surface area contributed by atoms with Crippen molar-refractivity contribution in [2.24, 2.45) is 0 Å². The summed E-state index contributed by atoms with van der Waals surface area (Å²) >= 11 is 9.37. The van der Waals surface area contributed by atoms with Crippen LogP contribution in [0, 0.1) is 0 Å². The number of nitrogens with zero attached hydrogens (tertiary/aromatic N) is 1. The van der Waals surface area contributed by atoms with Gasteiger partial charge in [-0.1, -0.05) is 30.7 Å². The third kappa shape index (κ3) is 3.39. The molecule has 0 unspecified atom stereocenters. The maximum absolute atomic E-state index is 12.3. The first-order valence-corrected chi connectivity index (χ1v) is 7.20. The number of aromatic nitrogens is 1. The van der Waals surface area contributed by atoms with Crippen molar-refractivity contribution in [2.75, 3.05) is 5.32 Å². The minimum Gasteiger partial charge on any atom is -0.342 e. The van der Waals surface area contributed by atoms with Gasteiger partial charge in [-0.15, -0.1) is 0 Å². The van der Waals surface area contributed by atoms with Gasteiger partial charge in [0.25, 0.3) is 5.91 Å². The second-order valence-corrected chi connectivity index (χ2v) is 5.46. The maximum Gasteiger partial charge on any atom is 0.272 e. The van der Waals surface area contributed by atoms with E-state index in [4.69, 9.17) is 11.6 Å². The Labute approximate surface area is 125 Å². The molecule has 0 aliphatic rings. The van der Waals surface area contributed by atoms with Gasteiger partial charge in [0, 0.05) is 17.2 Å². The fourth-order valence-corrected chi connectivity index (χ4v) is 2.45. The molecule has 1 aromatic heterocycles. The van der Waals surface area contributed by atoms with Crippen molar-refractivity contribution in [2.45, 2.75) is 19.9 Å². The highest BCUT2D eigenvalue weighted by Gasteiger charge is 2.13. The first kappa shape index (κ1) is 14.2. The molecule has 100 valence electrons. The number of hydrogen-bond acceptors (Lipinski definition) is 1. The number of aryl methyl sites for hydroxylation is 1. The third-order valence-electron chi connectivity index (χ3n) is 2.68. The highest BCUT2D eigenvalue weighted by molar-refractivity contribution is 9.10. The van der Waals surface area contributed by atoms with Crippen molar-refractivity contribution in [1.29, 1.82) is 0 Å². The highest BCUT2D eigenvalue weighted by atomic mass is 79.9. The molecule has 0 bridgehead atoms. The van der Waals surface area contributed by atoms with E-state index in [2.05, 4.69) is 28.2 Å². The topological polar surface area (TPSA) is 34.0 Å². The summed E-state index contributed by atoms with van der Waals surface area (Å²) in [6, 6.07) is 9.18. The van der Waals surface area contributed by atoms with E-state index in [1.54, 1.807) is 12.3 Å². The monoisotopic (exact) mass is 340 g/mol. The summed E-state index contributed by atoms with van der Waals surface area (Å²) in [5.74, 6) is -0.160. The molecule has 3 nitrogen and oxygen atoms in total. The molecule has 0 aliphatic carbocycles. The van der Waals surface area contributed by atoms with E-state index in [0.717, 1.165) is 23.1 Å². The SMILES string of the molecule is CCCn1cc(Cl)cc1C(=O)Nc1ccccc1Br. The molecular formula is C14H14BrClN2O. The molecule has 0 fully saturated rings. The van der Waals surface area contributed by atoms with Gasteiger partial charge < -0.3 is 9.88 Å². The Morgan fingerprint density at radius 2 is 2.16 bits per heavy atom. The molecule has 1 N–H and O–H groups in total. The summed E-state index contributed by atoms with van der Waals surface area (Å²) in [5.41, 5.74) is 1.32. The Hall–Kier alpha value is -1.26. The van der Waals surface area contributed by atoms with Crippen molar-refractivity contribution < 1.29 is 4.79 Å². The number of carbonyl (C=O) groups excluding carboxylic acids is 1.